The van der Waals surface area contributed by atoms with E-state index >= 15 is 0 Å². The number of hydrogen-bond donors (Lipinski definition) is 0. The Morgan fingerprint density at radius 1 is 1.00 bits per heavy atom. The molecule has 0 aromatic heterocycles. The van der Waals surface area contributed by atoms with Gasteiger partial charge < -0.3 is 9.80 Å². The van der Waals surface area contributed by atoms with Crippen molar-refractivity contribution in [1.29, 1.82) is 0 Å². The second-order valence-electron chi connectivity index (χ2n) is 8.66. The number of unbranched alkanes of at least 4 members (excludes halogenated alkanes) is 1. The summed E-state index contributed by atoms with van der Waals surface area (Å²) >= 11 is 12.5. The van der Waals surface area contributed by atoms with E-state index in [4.69, 9.17) is 23.2 Å². The lowest BCUT2D eigenvalue weighted by molar-refractivity contribution is -0.119. The van der Waals surface area contributed by atoms with E-state index in [1.54, 1.807) is 23.1 Å². The highest BCUT2D eigenvalue weighted by atomic mass is 35.5. The van der Waals surface area contributed by atoms with Crippen molar-refractivity contribution in [2.45, 2.75) is 51.6 Å². The van der Waals surface area contributed by atoms with Crippen LogP contribution in [0.4, 0.5) is 11.4 Å². The molecule has 3 aromatic carbocycles. The van der Waals surface area contributed by atoms with Crippen LogP contribution < -0.4 is 9.80 Å². The standard InChI is InChI=1S/C28H28Cl2N2O2/c1-3-4-14-27(33)31-19(2)17-26(23-12-8-9-13-25(23)31)32(21-10-6-5-7-11-21)28(34)22-16-15-20(29)18-24(22)30/h5-13,15-16,18-19,26H,3-4,14,17H2,1-2H3. The van der Waals surface area contributed by atoms with E-state index in [1.807, 2.05) is 59.5 Å². The number of hydrogen-bond acceptors (Lipinski definition) is 2. The van der Waals surface area contributed by atoms with Crippen LogP contribution in [0.5, 0.6) is 0 Å². The number of carbonyl (C=O) groups is 2. The molecular weight excluding hydrogens is 467 g/mol. The van der Waals surface area contributed by atoms with Gasteiger partial charge in [0.25, 0.3) is 5.91 Å². The Balaban J connectivity index is 1.81. The summed E-state index contributed by atoms with van der Waals surface area (Å²) in [4.78, 5) is 30.8. The summed E-state index contributed by atoms with van der Waals surface area (Å²) in [5, 5.41) is 0.789. The van der Waals surface area contributed by atoms with Crippen LogP contribution in [-0.2, 0) is 4.79 Å². The van der Waals surface area contributed by atoms with Crippen molar-refractivity contribution in [3.05, 3.63) is 94.0 Å². The van der Waals surface area contributed by atoms with Crippen LogP contribution in [0.2, 0.25) is 10.0 Å². The topological polar surface area (TPSA) is 40.6 Å². The van der Waals surface area contributed by atoms with Crippen LogP contribution in [0.3, 0.4) is 0 Å². The van der Waals surface area contributed by atoms with Crippen LogP contribution in [0, 0.1) is 0 Å². The summed E-state index contributed by atoms with van der Waals surface area (Å²) in [6, 6.07) is 22.1. The molecule has 0 spiro atoms. The Morgan fingerprint density at radius 2 is 1.71 bits per heavy atom. The lowest BCUT2D eigenvalue weighted by Gasteiger charge is -2.43. The van der Waals surface area contributed by atoms with Crippen molar-refractivity contribution in [3.63, 3.8) is 0 Å². The second-order valence-corrected chi connectivity index (χ2v) is 9.51. The highest BCUT2D eigenvalue weighted by Gasteiger charge is 2.38. The predicted octanol–water partition coefficient (Wildman–Crippen LogP) is 7.70. The minimum absolute atomic E-state index is 0.0658. The van der Waals surface area contributed by atoms with Crippen molar-refractivity contribution in [2.75, 3.05) is 9.80 Å². The van der Waals surface area contributed by atoms with Gasteiger partial charge in [0, 0.05) is 28.9 Å². The van der Waals surface area contributed by atoms with E-state index < -0.39 is 0 Å². The molecule has 6 heteroatoms. The average Bonchev–Trinajstić information content (AvgIpc) is 2.83. The van der Waals surface area contributed by atoms with Crippen LogP contribution >= 0.6 is 23.2 Å². The van der Waals surface area contributed by atoms with E-state index in [0.717, 1.165) is 29.8 Å². The summed E-state index contributed by atoms with van der Waals surface area (Å²) in [7, 11) is 0. The number of halogens is 2. The lowest BCUT2D eigenvalue weighted by atomic mass is 9.89. The monoisotopic (exact) mass is 494 g/mol. The summed E-state index contributed by atoms with van der Waals surface area (Å²) in [6.45, 7) is 4.14. The normalized spacial score (nSPS) is 17.2. The van der Waals surface area contributed by atoms with Gasteiger partial charge in [-0.25, -0.2) is 0 Å². The molecule has 0 N–H and O–H groups in total. The molecule has 0 fully saturated rings. The van der Waals surface area contributed by atoms with Crippen molar-refractivity contribution in [2.24, 2.45) is 0 Å². The summed E-state index contributed by atoms with van der Waals surface area (Å²) in [6.07, 6.45) is 2.95. The fraction of sp³-hybridized carbons (Fsp3) is 0.286. The molecule has 2 amide bonds. The van der Waals surface area contributed by atoms with Gasteiger partial charge in [-0.15, -0.1) is 0 Å². The molecule has 3 aromatic rings. The molecule has 4 nitrogen and oxygen atoms in total. The minimum atomic E-state index is -0.261. The molecule has 4 rings (SSSR count). The molecule has 34 heavy (non-hydrogen) atoms. The van der Waals surface area contributed by atoms with Crippen LogP contribution in [0.15, 0.2) is 72.8 Å². The third kappa shape index (κ3) is 4.84. The van der Waals surface area contributed by atoms with Gasteiger partial charge in [-0.2, -0.15) is 0 Å². The largest absolute Gasteiger partial charge is 0.309 e. The molecule has 1 aliphatic heterocycles. The first-order valence-corrected chi connectivity index (χ1v) is 12.4. The summed E-state index contributed by atoms with van der Waals surface area (Å²) in [5.74, 6) is -0.0794. The Bertz CT molecular complexity index is 1180. The molecule has 1 heterocycles. The fourth-order valence-electron chi connectivity index (χ4n) is 4.67. The van der Waals surface area contributed by atoms with Gasteiger partial charge in [0.15, 0.2) is 0 Å². The number of nitrogens with zero attached hydrogens (tertiary/aromatic N) is 2. The van der Waals surface area contributed by atoms with Crippen molar-refractivity contribution in [1.82, 2.24) is 0 Å². The first-order valence-electron chi connectivity index (χ1n) is 11.7. The number of fused-ring (bicyclic) bond motifs is 1. The molecular formula is C28H28Cl2N2O2. The predicted molar refractivity (Wildman–Crippen MR) is 140 cm³/mol. The van der Waals surface area contributed by atoms with Gasteiger partial charge in [0.05, 0.1) is 16.6 Å². The SMILES string of the molecule is CCCCC(=O)N1c2ccccc2C(N(C(=O)c2ccc(Cl)cc2Cl)c2ccccc2)CC1C. The second kappa shape index (κ2) is 10.6. The maximum Gasteiger partial charge on any atom is 0.260 e. The lowest BCUT2D eigenvalue weighted by Crippen LogP contribution is -2.47. The van der Waals surface area contributed by atoms with E-state index in [0.29, 0.717) is 28.5 Å². The quantitative estimate of drug-likeness (QED) is 0.352. The number of anilines is 2. The van der Waals surface area contributed by atoms with E-state index in [9.17, 15) is 9.59 Å². The number of carbonyl (C=O) groups excluding carboxylic acids is 2. The highest BCUT2D eigenvalue weighted by Crippen LogP contribution is 2.43. The van der Waals surface area contributed by atoms with Gasteiger partial charge >= 0.3 is 0 Å². The summed E-state index contributed by atoms with van der Waals surface area (Å²) < 4.78 is 0. The number of rotatable bonds is 6. The van der Waals surface area contributed by atoms with Crippen molar-refractivity contribution < 1.29 is 9.59 Å². The van der Waals surface area contributed by atoms with E-state index in [1.165, 1.54) is 0 Å². The third-order valence-corrected chi connectivity index (χ3v) is 6.85. The first-order chi connectivity index (χ1) is 16.4. The van der Waals surface area contributed by atoms with Crippen LogP contribution in [-0.4, -0.2) is 17.9 Å². The highest BCUT2D eigenvalue weighted by molar-refractivity contribution is 6.37. The molecule has 2 atom stereocenters. The zero-order chi connectivity index (χ0) is 24.2. The maximum atomic E-state index is 14.0. The van der Waals surface area contributed by atoms with Gasteiger partial charge in [-0.05, 0) is 61.7 Å². The maximum absolute atomic E-state index is 14.0. The van der Waals surface area contributed by atoms with Gasteiger partial charge in [0.2, 0.25) is 5.91 Å². The van der Waals surface area contributed by atoms with Gasteiger partial charge in [-0.3, -0.25) is 9.59 Å². The van der Waals surface area contributed by atoms with Crippen molar-refractivity contribution >= 4 is 46.4 Å². The Labute approximate surface area is 211 Å². The minimum Gasteiger partial charge on any atom is -0.309 e. The number of benzene rings is 3. The smallest absolute Gasteiger partial charge is 0.260 e. The molecule has 0 bridgehead atoms. The summed E-state index contributed by atoms with van der Waals surface area (Å²) in [5.41, 5.74) is 2.98. The zero-order valence-electron chi connectivity index (χ0n) is 19.4. The van der Waals surface area contributed by atoms with E-state index in [-0.39, 0.29) is 23.9 Å². The van der Waals surface area contributed by atoms with Crippen molar-refractivity contribution in [3.8, 4) is 0 Å². The molecule has 0 radical (unpaired) electrons. The van der Waals surface area contributed by atoms with Crippen LogP contribution in [0.25, 0.3) is 0 Å². The first kappa shape index (κ1) is 24.3. The molecule has 0 saturated heterocycles. The molecule has 0 saturated carbocycles. The Kier molecular flexibility index (Phi) is 7.60. The van der Waals surface area contributed by atoms with Gasteiger partial charge in [-0.1, -0.05) is 72.9 Å². The molecule has 0 aliphatic carbocycles. The molecule has 2 unspecified atom stereocenters. The molecule has 1 aliphatic rings. The number of para-hydroxylation sites is 2. The Morgan fingerprint density at radius 3 is 2.41 bits per heavy atom. The Hall–Kier alpha value is -2.82. The van der Waals surface area contributed by atoms with Crippen LogP contribution in [0.1, 0.15) is 61.5 Å². The van der Waals surface area contributed by atoms with Gasteiger partial charge in [0.1, 0.15) is 0 Å². The average molecular weight is 495 g/mol. The fourth-order valence-corrected chi connectivity index (χ4v) is 5.16. The zero-order valence-corrected chi connectivity index (χ0v) is 20.9. The third-order valence-electron chi connectivity index (χ3n) is 6.30. The molecule has 176 valence electrons. The number of amides is 2. The van der Waals surface area contributed by atoms with E-state index in [2.05, 4.69) is 13.8 Å².